The number of nitrogens with one attached hydrogen (secondary N) is 1. The molecule has 0 unspecified atom stereocenters. The molecule has 3 aromatic carbocycles. The second-order valence-electron chi connectivity index (χ2n) is 7.50. The third-order valence-corrected chi connectivity index (χ3v) is 5.62. The van der Waals surface area contributed by atoms with Gasteiger partial charge in [0.25, 0.3) is 5.91 Å². The summed E-state index contributed by atoms with van der Waals surface area (Å²) in [6.07, 6.45) is 3.34. The zero-order valence-corrected chi connectivity index (χ0v) is 16.7. The number of ether oxygens (including phenoxy) is 1. The van der Waals surface area contributed by atoms with Crippen molar-refractivity contribution in [3.05, 3.63) is 95.6 Å². The van der Waals surface area contributed by atoms with Crippen LogP contribution >= 0.6 is 0 Å². The molecule has 0 saturated heterocycles. The largest absolute Gasteiger partial charge is 0.497 e. The van der Waals surface area contributed by atoms with Crippen molar-refractivity contribution in [2.45, 2.75) is 31.3 Å². The van der Waals surface area contributed by atoms with Gasteiger partial charge in [-0.15, -0.1) is 0 Å². The molecule has 1 amide bonds. The highest BCUT2D eigenvalue weighted by Gasteiger charge is 2.31. The maximum atomic E-state index is 13.3. The third-order valence-electron chi connectivity index (χ3n) is 5.62. The minimum Gasteiger partial charge on any atom is -0.497 e. The molecule has 4 rings (SSSR count). The molecule has 4 heteroatoms. The van der Waals surface area contributed by atoms with Gasteiger partial charge >= 0.3 is 0 Å². The quantitative estimate of drug-likeness (QED) is 0.671. The van der Waals surface area contributed by atoms with E-state index >= 15 is 0 Å². The van der Waals surface area contributed by atoms with E-state index < -0.39 is 0 Å². The highest BCUT2D eigenvalue weighted by Crippen LogP contribution is 2.28. The first-order valence-corrected chi connectivity index (χ1v) is 10.2. The highest BCUT2D eigenvalue weighted by molar-refractivity contribution is 5.94. The number of carbonyl (C=O) groups is 1. The molecule has 3 aromatic rings. The number of hydrogen-bond acceptors (Lipinski definition) is 2. The summed E-state index contributed by atoms with van der Waals surface area (Å²) in [6, 6.07) is 26.1. The predicted octanol–water partition coefficient (Wildman–Crippen LogP) is 4.02. The monoisotopic (exact) mass is 387 g/mol. The number of rotatable bonds is 6. The first-order valence-electron chi connectivity index (χ1n) is 10.2. The van der Waals surface area contributed by atoms with Crippen molar-refractivity contribution in [1.29, 1.82) is 0 Å². The van der Waals surface area contributed by atoms with E-state index in [4.69, 9.17) is 4.74 Å². The van der Waals surface area contributed by atoms with Gasteiger partial charge in [0.15, 0.2) is 6.04 Å². The van der Waals surface area contributed by atoms with Crippen LogP contribution in [0.15, 0.2) is 78.9 Å². The number of amides is 1. The lowest BCUT2D eigenvalue weighted by molar-refractivity contribution is -0.723. The molecule has 0 aromatic heterocycles. The van der Waals surface area contributed by atoms with Crippen molar-refractivity contribution in [3.8, 4) is 5.75 Å². The maximum Gasteiger partial charge on any atom is 0.287 e. The van der Waals surface area contributed by atoms with Crippen LogP contribution in [-0.2, 0) is 11.2 Å². The van der Waals surface area contributed by atoms with Crippen LogP contribution in [0.5, 0.6) is 5.75 Å². The first-order chi connectivity index (χ1) is 14.2. The number of methoxy groups -OCH3 is 1. The topological polar surface area (TPSA) is 54.9 Å². The van der Waals surface area contributed by atoms with E-state index in [0.29, 0.717) is 0 Å². The number of aryl methyl sites for hydroxylation is 1. The highest BCUT2D eigenvalue weighted by atomic mass is 16.5. The lowest BCUT2D eigenvalue weighted by Gasteiger charge is -2.27. The molecule has 0 saturated carbocycles. The zero-order chi connectivity index (χ0) is 20.1. The van der Waals surface area contributed by atoms with Crippen LogP contribution in [0.4, 0.5) is 5.69 Å². The second-order valence-corrected chi connectivity index (χ2v) is 7.50. The van der Waals surface area contributed by atoms with Crippen molar-refractivity contribution in [2.75, 3.05) is 12.4 Å². The first kappa shape index (κ1) is 19.2. The maximum absolute atomic E-state index is 13.3. The average Bonchev–Trinajstić information content (AvgIpc) is 2.78. The Bertz CT molecular complexity index is 971. The van der Waals surface area contributed by atoms with Crippen LogP contribution in [0.25, 0.3) is 0 Å². The van der Waals surface area contributed by atoms with Crippen LogP contribution in [-0.4, -0.2) is 13.0 Å². The Morgan fingerprint density at radius 2 is 1.83 bits per heavy atom. The van der Waals surface area contributed by atoms with Crippen molar-refractivity contribution in [3.63, 3.8) is 0 Å². The summed E-state index contributed by atoms with van der Waals surface area (Å²) in [7, 11) is 1.63. The summed E-state index contributed by atoms with van der Waals surface area (Å²) in [6.45, 7) is 0. The molecule has 1 aliphatic carbocycles. The lowest BCUT2D eigenvalue weighted by atomic mass is 9.87. The number of nitrogens with two attached hydrogens (primary N) is 1. The van der Waals surface area contributed by atoms with E-state index in [-0.39, 0.29) is 18.0 Å². The van der Waals surface area contributed by atoms with E-state index in [1.54, 1.807) is 7.11 Å². The Hall–Kier alpha value is -3.11. The molecular weight excluding hydrogens is 360 g/mol. The summed E-state index contributed by atoms with van der Waals surface area (Å²) < 4.78 is 5.28. The van der Waals surface area contributed by atoms with E-state index in [9.17, 15) is 4.79 Å². The molecule has 0 heterocycles. The second kappa shape index (κ2) is 8.93. The standard InChI is InChI=1S/C25H26N2O2/c1-29-21-14-8-13-20(17-21)26-25(28)24(19-10-3-2-4-11-19)27-23-16-7-12-18-9-5-6-15-22(18)23/h2-6,8-11,13-15,17,23-24,27H,7,12,16H2,1H3,(H,26,28)/p+1/t23-,24-/m0/s1. The predicted molar refractivity (Wildman–Crippen MR) is 115 cm³/mol. The van der Waals surface area contributed by atoms with Gasteiger partial charge in [0.1, 0.15) is 11.8 Å². The third kappa shape index (κ3) is 4.49. The summed E-state index contributed by atoms with van der Waals surface area (Å²) in [5.41, 5.74) is 4.51. The van der Waals surface area contributed by atoms with Gasteiger partial charge in [0, 0.05) is 29.3 Å². The van der Waals surface area contributed by atoms with Gasteiger partial charge in [-0.25, -0.2) is 0 Å². The fourth-order valence-electron chi connectivity index (χ4n) is 4.15. The van der Waals surface area contributed by atoms with Crippen molar-refractivity contribution in [2.24, 2.45) is 0 Å². The van der Waals surface area contributed by atoms with Crippen molar-refractivity contribution < 1.29 is 14.8 Å². The number of anilines is 1. The number of benzene rings is 3. The fourth-order valence-corrected chi connectivity index (χ4v) is 4.15. The normalized spacial score (nSPS) is 16.5. The Labute approximate surface area is 171 Å². The SMILES string of the molecule is COc1cccc(NC(=O)[C@@H]([NH2+][C@H]2CCCc3ccccc32)c2ccccc2)c1. The number of quaternary nitrogens is 1. The van der Waals surface area contributed by atoms with Gasteiger partial charge in [0.05, 0.1) is 7.11 Å². The molecule has 148 valence electrons. The van der Waals surface area contributed by atoms with Crippen LogP contribution in [0.1, 0.15) is 41.6 Å². The Balaban J connectivity index is 1.60. The Kier molecular flexibility index (Phi) is 5.92. The molecule has 4 nitrogen and oxygen atoms in total. The molecule has 29 heavy (non-hydrogen) atoms. The van der Waals surface area contributed by atoms with Crippen LogP contribution < -0.4 is 15.4 Å². The van der Waals surface area contributed by atoms with E-state index in [2.05, 4.69) is 34.9 Å². The summed E-state index contributed by atoms with van der Waals surface area (Å²) in [5, 5.41) is 5.30. The minimum atomic E-state index is -0.321. The van der Waals surface area contributed by atoms with Crippen LogP contribution in [0.2, 0.25) is 0 Å². The Morgan fingerprint density at radius 3 is 2.66 bits per heavy atom. The summed E-state index contributed by atoms with van der Waals surface area (Å²) in [5.74, 6) is 0.705. The molecule has 0 aliphatic heterocycles. The van der Waals surface area contributed by atoms with Crippen LogP contribution in [0.3, 0.4) is 0 Å². The molecule has 0 fully saturated rings. The summed E-state index contributed by atoms with van der Waals surface area (Å²) in [4.78, 5) is 13.3. The molecule has 1 aliphatic rings. The van der Waals surface area contributed by atoms with Gasteiger partial charge in [-0.3, -0.25) is 4.79 Å². The van der Waals surface area contributed by atoms with E-state index in [1.165, 1.54) is 11.1 Å². The molecule has 0 radical (unpaired) electrons. The lowest BCUT2D eigenvalue weighted by Crippen LogP contribution is -2.88. The van der Waals surface area contributed by atoms with E-state index in [0.717, 1.165) is 36.3 Å². The summed E-state index contributed by atoms with van der Waals surface area (Å²) >= 11 is 0. The minimum absolute atomic E-state index is 0.0208. The van der Waals surface area contributed by atoms with Gasteiger partial charge in [0.2, 0.25) is 0 Å². The van der Waals surface area contributed by atoms with Gasteiger partial charge in [-0.05, 0) is 30.5 Å². The number of fused-ring (bicyclic) bond motifs is 1. The fraction of sp³-hybridized carbons (Fsp3) is 0.240. The molecular formula is C25H27N2O2+. The molecule has 3 N–H and O–H groups in total. The molecule has 2 atom stereocenters. The van der Waals surface area contributed by atoms with Gasteiger partial charge in [-0.1, -0.05) is 60.7 Å². The van der Waals surface area contributed by atoms with Crippen molar-refractivity contribution in [1.82, 2.24) is 0 Å². The molecule has 0 spiro atoms. The zero-order valence-electron chi connectivity index (χ0n) is 16.7. The Morgan fingerprint density at radius 1 is 1.03 bits per heavy atom. The van der Waals surface area contributed by atoms with Crippen molar-refractivity contribution >= 4 is 11.6 Å². The van der Waals surface area contributed by atoms with E-state index in [1.807, 2.05) is 54.6 Å². The average molecular weight is 388 g/mol. The number of hydrogen-bond donors (Lipinski definition) is 2. The number of carbonyl (C=O) groups excluding carboxylic acids is 1. The van der Waals surface area contributed by atoms with Gasteiger partial charge < -0.3 is 15.4 Å². The van der Waals surface area contributed by atoms with Gasteiger partial charge in [-0.2, -0.15) is 0 Å². The molecule has 0 bridgehead atoms. The van der Waals surface area contributed by atoms with Crippen LogP contribution in [0, 0.1) is 0 Å². The smallest absolute Gasteiger partial charge is 0.287 e.